The van der Waals surface area contributed by atoms with Gasteiger partial charge in [0.15, 0.2) is 0 Å². The van der Waals surface area contributed by atoms with Crippen LogP contribution < -0.4 is 0 Å². The van der Waals surface area contributed by atoms with Crippen LogP contribution in [0.4, 0.5) is 0 Å². The number of hydrogen-bond acceptors (Lipinski definition) is 0. The van der Waals surface area contributed by atoms with Crippen LogP contribution in [-0.4, -0.2) is 0 Å². The van der Waals surface area contributed by atoms with Gasteiger partial charge in [-0.3, -0.25) is 0 Å². The fraction of sp³-hybridized carbons (Fsp3) is 0.290. The van der Waals surface area contributed by atoms with E-state index < -0.39 is 0 Å². The predicted octanol–water partition coefficient (Wildman–Crippen LogP) is 17.7. The molecule has 0 nitrogen and oxygen atoms in total. The molecule has 62 heavy (non-hydrogen) atoms. The molecule has 0 N–H and O–H groups in total. The van der Waals surface area contributed by atoms with Crippen molar-refractivity contribution in [1.82, 2.24) is 0 Å². The van der Waals surface area contributed by atoms with Gasteiger partial charge in [0.25, 0.3) is 0 Å². The molecule has 0 radical (unpaired) electrons. The third-order valence-corrected chi connectivity index (χ3v) is 13.7. The highest BCUT2D eigenvalue weighted by molar-refractivity contribution is 5.91. The van der Waals surface area contributed by atoms with Crippen molar-refractivity contribution < 1.29 is 0 Å². The Morgan fingerprint density at radius 2 is 1.37 bits per heavy atom. The molecule has 0 heterocycles. The summed E-state index contributed by atoms with van der Waals surface area (Å²) in [4.78, 5) is 0. The van der Waals surface area contributed by atoms with E-state index in [0.717, 1.165) is 35.1 Å². The Labute approximate surface area is 377 Å². The summed E-state index contributed by atoms with van der Waals surface area (Å²) < 4.78 is 0. The van der Waals surface area contributed by atoms with E-state index in [1.54, 1.807) is 0 Å². The summed E-state index contributed by atoms with van der Waals surface area (Å²) >= 11 is 0. The van der Waals surface area contributed by atoms with Gasteiger partial charge in [-0.25, -0.2) is 0 Å². The van der Waals surface area contributed by atoms with E-state index in [2.05, 4.69) is 207 Å². The molecule has 0 amide bonds. The maximum Gasteiger partial charge on any atom is 0.0159 e. The van der Waals surface area contributed by atoms with E-state index >= 15 is 0 Å². The first-order valence-corrected chi connectivity index (χ1v) is 22.6. The molecule has 0 saturated heterocycles. The van der Waals surface area contributed by atoms with Crippen LogP contribution in [0.1, 0.15) is 129 Å². The van der Waals surface area contributed by atoms with Gasteiger partial charge in [-0.2, -0.15) is 0 Å². The normalized spacial score (nSPS) is 16.8. The lowest BCUT2D eigenvalue weighted by Gasteiger charge is -2.29. The minimum absolute atomic E-state index is 0.198. The third-order valence-electron chi connectivity index (χ3n) is 13.7. The predicted molar refractivity (Wildman–Crippen MR) is 277 cm³/mol. The average Bonchev–Trinajstić information content (AvgIpc) is 3.64. The van der Waals surface area contributed by atoms with Crippen LogP contribution in [0.5, 0.6) is 0 Å². The Morgan fingerprint density at radius 1 is 0.742 bits per heavy atom. The Bertz CT molecular complexity index is 2530. The maximum absolute atomic E-state index is 4.35. The van der Waals surface area contributed by atoms with E-state index in [9.17, 15) is 0 Å². The van der Waals surface area contributed by atoms with Gasteiger partial charge in [-0.15, -0.1) is 0 Å². The molecule has 0 aliphatic heterocycles. The number of allylic oxidation sites excluding steroid dienone is 13. The second-order valence-corrected chi connectivity index (χ2v) is 18.0. The minimum atomic E-state index is -0.198. The lowest BCUT2D eigenvalue weighted by molar-refractivity contribution is 0.547. The summed E-state index contributed by atoms with van der Waals surface area (Å²) in [6.07, 6.45) is 18.7. The molecule has 2 aliphatic carbocycles. The molecule has 320 valence electrons. The lowest BCUT2D eigenvalue weighted by Crippen LogP contribution is -2.18. The SMILES string of the molecule is C=CC1=C(/C=C\C)C(C)=C(/C(=C\C)C(C)C(C)c2ccc3c(c2)C(C)(C)c2cc(C/C(C=C)=C(/C=C)c4ccccc4C)c(C=C)c(C=C)c2-3)C1CC.Cc1cc(C)cc(C)c1. The van der Waals surface area contributed by atoms with Gasteiger partial charge < -0.3 is 0 Å². The zero-order chi connectivity index (χ0) is 45.6. The zero-order valence-corrected chi connectivity index (χ0v) is 40.2. The number of fused-ring (bicyclic) bond motifs is 3. The molecule has 0 aromatic heterocycles. The summed E-state index contributed by atoms with van der Waals surface area (Å²) in [5.41, 5.74) is 25.8. The smallest absolute Gasteiger partial charge is 0.0159 e. The van der Waals surface area contributed by atoms with E-state index in [1.807, 2.05) is 24.3 Å². The summed E-state index contributed by atoms with van der Waals surface area (Å²) in [6, 6.07) is 24.7. The second-order valence-electron chi connectivity index (χ2n) is 18.0. The van der Waals surface area contributed by atoms with Gasteiger partial charge in [0, 0.05) is 11.3 Å². The Hall–Kier alpha value is -5.72. The molecule has 0 heteroatoms. The van der Waals surface area contributed by atoms with E-state index in [-0.39, 0.29) is 5.41 Å². The second kappa shape index (κ2) is 20.0. The first-order valence-electron chi connectivity index (χ1n) is 22.6. The van der Waals surface area contributed by atoms with E-state index in [4.69, 9.17) is 0 Å². The van der Waals surface area contributed by atoms with Crippen LogP contribution in [0.15, 0.2) is 170 Å². The average molecular weight is 817 g/mol. The monoisotopic (exact) mass is 817 g/mol. The van der Waals surface area contributed by atoms with E-state index in [0.29, 0.717) is 17.8 Å². The maximum atomic E-state index is 4.35. The van der Waals surface area contributed by atoms with Crippen molar-refractivity contribution in [3.63, 3.8) is 0 Å². The Kier molecular flexibility index (Phi) is 15.3. The molecule has 3 unspecified atom stereocenters. The molecule has 2 aliphatic rings. The summed E-state index contributed by atoms with van der Waals surface area (Å²) in [5, 5.41) is 0. The number of benzene rings is 4. The summed E-state index contributed by atoms with van der Waals surface area (Å²) in [5.74, 6) is 1.02. The van der Waals surface area contributed by atoms with Crippen molar-refractivity contribution >= 4 is 17.7 Å². The summed E-state index contributed by atoms with van der Waals surface area (Å²) in [7, 11) is 0. The molecule has 3 atom stereocenters. The molecule has 4 aromatic rings. The van der Waals surface area contributed by atoms with Gasteiger partial charge >= 0.3 is 0 Å². The highest BCUT2D eigenvalue weighted by Crippen LogP contribution is 2.54. The zero-order valence-electron chi connectivity index (χ0n) is 40.2. The van der Waals surface area contributed by atoms with Gasteiger partial charge in [0.1, 0.15) is 0 Å². The minimum Gasteiger partial charge on any atom is -0.0988 e. The lowest BCUT2D eigenvalue weighted by atomic mass is 9.75. The van der Waals surface area contributed by atoms with Crippen LogP contribution in [0.25, 0.3) is 28.9 Å². The number of hydrogen-bond donors (Lipinski definition) is 0. The van der Waals surface area contributed by atoms with Crippen molar-refractivity contribution in [1.29, 1.82) is 0 Å². The van der Waals surface area contributed by atoms with Crippen molar-refractivity contribution in [2.24, 2.45) is 11.8 Å². The van der Waals surface area contributed by atoms with Crippen molar-refractivity contribution in [3.8, 4) is 11.1 Å². The third kappa shape index (κ3) is 8.94. The largest absolute Gasteiger partial charge is 0.0988 e. The van der Waals surface area contributed by atoms with Gasteiger partial charge in [0.05, 0.1) is 0 Å². The molecule has 0 fully saturated rings. The van der Waals surface area contributed by atoms with Crippen LogP contribution in [0.2, 0.25) is 0 Å². The fourth-order valence-corrected chi connectivity index (χ4v) is 10.5. The molecule has 4 aromatic carbocycles. The molecule has 6 rings (SSSR count). The number of rotatable bonds is 14. The van der Waals surface area contributed by atoms with Crippen LogP contribution in [0, 0.1) is 39.5 Å². The first-order chi connectivity index (χ1) is 29.6. The Morgan fingerprint density at radius 3 is 1.89 bits per heavy atom. The van der Waals surface area contributed by atoms with Gasteiger partial charge in [-0.1, -0.05) is 200 Å². The highest BCUT2D eigenvalue weighted by Gasteiger charge is 2.39. The molecule has 0 bridgehead atoms. The Balaban J connectivity index is 0.000000715. The van der Waals surface area contributed by atoms with Crippen LogP contribution in [0.3, 0.4) is 0 Å². The van der Waals surface area contributed by atoms with E-state index in [1.165, 1.54) is 89.1 Å². The van der Waals surface area contributed by atoms with Crippen LogP contribution in [-0.2, 0) is 11.8 Å². The standard InChI is InChI=1S/C53H60.C9H12/c1-15-25-47-36(12)51(45(22-8)43(47)20-6)40(17-3)35(11)34(10)38-28-29-48-49(31-38)53(13,14)50-32-39(42(19-5)44(21-7)52(48)50)30-37(16-2)41(18-4)46-27-24-23-26-33(46)9;1-7-4-8(2)6-9(3)5-7/h15-21,23-29,31-32,34-35,45H,2,4-7,22,30H2,1,3,8-14H3;4-6H,1-3H3/b25-15-,40-17-,41-37-;. The molecular formula is C62H72. The van der Waals surface area contributed by atoms with Crippen LogP contribution >= 0.6 is 0 Å². The molecule has 0 spiro atoms. The first kappa shape index (κ1) is 47.3. The van der Waals surface area contributed by atoms with Crippen molar-refractivity contribution in [2.75, 3.05) is 0 Å². The van der Waals surface area contributed by atoms with Crippen molar-refractivity contribution in [3.05, 3.63) is 231 Å². The molecular weight excluding hydrogens is 745 g/mol. The highest BCUT2D eigenvalue weighted by atomic mass is 14.4. The fourth-order valence-electron chi connectivity index (χ4n) is 10.5. The topological polar surface area (TPSA) is 0 Å². The molecule has 0 saturated carbocycles. The quantitative estimate of drug-likeness (QED) is 0.111. The van der Waals surface area contributed by atoms with Gasteiger partial charge in [0.2, 0.25) is 0 Å². The van der Waals surface area contributed by atoms with Crippen molar-refractivity contribution in [2.45, 2.75) is 107 Å². The number of aryl methyl sites for hydroxylation is 4. The van der Waals surface area contributed by atoms with Gasteiger partial charge in [-0.05, 0) is 168 Å². The summed E-state index contributed by atoms with van der Waals surface area (Å²) in [6.45, 7) is 48.4.